The van der Waals surface area contributed by atoms with Crippen LogP contribution in [0, 0.1) is 13.8 Å². The molecule has 0 saturated carbocycles. The van der Waals surface area contributed by atoms with Crippen LogP contribution < -0.4 is 19.5 Å². The molecule has 3 rings (SSSR count). The first-order chi connectivity index (χ1) is 11.0. The monoisotopic (exact) mass is 377 g/mol. The average molecular weight is 378 g/mol. The summed E-state index contributed by atoms with van der Waals surface area (Å²) in [5.74, 6) is 1.81. The molecular weight excluding hydrogens is 362 g/mol. The summed E-state index contributed by atoms with van der Waals surface area (Å²) in [6.07, 6.45) is 0. The molecule has 1 amide bonds. The summed E-state index contributed by atoms with van der Waals surface area (Å²) in [4.78, 5) is 12.1. The van der Waals surface area contributed by atoms with Crippen molar-refractivity contribution in [3.05, 3.63) is 45.9 Å². The minimum absolute atomic E-state index is 0.0578. The molecule has 0 atom stereocenters. The van der Waals surface area contributed by atoms with Crippen LogP contribution in [0.1, 0.15) is 11.1 Å². The first-order valence-corrected chi connectivity index (χ1v) is 7.91. The Labute approximate surface area is 142 Å². The van der Waals surface area contributed by atoms with Crippen LogP contribution in [0.3, 0.4) is 0 Å². The number of nitrogens with one attached hydrogen (secondary N) is 1. The van der Waals surface area contributed by atoms with Gasteiger partial charge < -0.3 is 19.5 Å². The third-order valence-corrected chi connectivity index (χ3v) is 3.89. The maximum absolute atomic E-state index is 12.1. The topological polar surface area (TPSA) is 56.8 Å². The van der Waals surface area contributed by atoms with E-state index < -0.39 is 0 Å². The maximum Gasteiger partial charge on any atom is 0.262 e. The van der Waals surface area contributed by atoms with Gasteiger partial charge >= 0.3 is 0 Å². The Morgan fingerprint density at radius 1 is 1.17 bits per heavy atom. The molecule has 23 heavy (non-hydrogen) atoms. The van der Waals surface area contributed by atoms with Crippen LogP contribution in [0.4, 0.5) is 5.69 Å². The lowest BCUT2D eigenvalue weighted by Gasteiger charge is -2.13. The molecule has 1 aliphatic heterocycles. The molecule has 0 aliphatic carbocycles. The number of carbonyl (C=O) groups excluding carboxylic acids is 1. The maximum atomic E-state index is 12.1. The van der Waals surface area contributed by atoms with Crippen molar-refractivity contribution in [3.63, 3.8) is 0 Å². The van der Waals surface area contributed by atoms with Crippen molar-refractivity contribution in [2.24, 2.45) is 0 Å². The van der Waals surface area contributed by atoms with Gasteiger partial charge in [-0.05, 0) is 49.2 Å². The fourth-order valence-corrected chi connectivity index (χ4v) is 3.12. The van der Waals surface area contributed by atoms with E-state index in [1.807, 2.05) is 26.0 Å². The minimum Gasteiger partial charge on any atom is -0.483 e. The average Bonchev–Trinajstić information content (AvgIpc) is 2.93. The number of benzene rings is 2. The van der Waals surface area contributed by atoms with E-state index in [0.29, 0.717) is 17.2 Å². The smallest absolute Gasteiger partial charge is 0.262 e. The van der Waals surface area contributed by atoms with Gasteiger partial charge in [0, 0.05) is 16.2 Å². The van der Waals surface area contributed by atoms with E-state index in [4.69, 9.17) is 14.2 Å². The number of hydrogen-bond donors (Lipinski definition) is 1. The molecule has 0 saturated heterocycles. The summed E-state index contributed by atoms with van der Waals surface area (Å²) < 4.78 is 17.2. The molecule has 1 aliphatic rings. The summed E-state index contributed by atoms with van der Waals surface area (Å²) in [5, 5.41) is 2.78. The SMILES string of the molecule is Cc1cc(Br)cc(C)c1OCC(=O)Nc1ccc2c(c1)OCO2. The van der Waals surface area contributed by atoms with Crippen LogP contribution in [-0.2, 0) is 4.79 Å². The lowest BCUT2D eigenvalue weighted by Crippen LogP contribution is -2.20. The number of hydrogen-bond acceptors (Lipinski definition) is 4. The van der Waals surface area contributed by atoms with E-state index in [-0.39, 0.29) is 19.3 Å². The van der Waals surface area contributed by atoms with Gasteiger partial charge in [-0.15, -0.1) is 0 Å². The fraction of sp³-hybridized carbons (Fsp3) is 0.235. The molecule has 0 spiro atoms. The Hall–Kier alpha value is -2.21. The Kier molecular flexibility index (Phi) is 4.43. The largest absolute Gasteiger partial charge is 0.483 e. The second-order valence-corrected chi connectivity index (χ2v) is 6.19. The zero-order valence-corrected chi connectivity index (χ0v) is 14.4. The van der Waals surface area contributed by atoms with Crippen molar-refractivity contribution < 1.29 is 19.0 Å². The van der Waals surface area contributed by atoms with E-state index in [1.165, 1.54) is 0 Å². The molecule has 2 aromatic carbocycles. The van der Waals surface area contributed by atoms with E-state index in [9.17, 15) is 4.79 Å². The molecule has 0 fully saturated rings. The summed E-state index contributed by atoms with van der Waals surface area (Å²) in [7, 11) is 0. The highest BCUT2D eigenvalue weighted by Crippen LogP contribution is 2.34. The molecule has 120 valence electrons. The van der Waals surface area contributed by atoms with Gasteiger partial charge in [-0.25, -0.2) is 0 Å². The van der Waals surface area contributed by atoms with Gasteiger partial charge in [0.25, 0.3) is 5.91 Å². The zero-order chi connectivity index (χ0) is 16.4. The third kappa shape index (κ3) is 3.59. The van der Waals surface area contributed by atoms with Gasteiger partial charge in [-0.1, -0.05) is 15.9 Å². The summed E-state index contributed by atoms with van der Waals surface area (Å²) >= 11 is 3.44. The molecule has 0 radical (unpaired) electrons. The van der Waals surface area contributed by atoms with Gasteiger partial charge in [-0.2, -0.15) is 0 Å². The standard InChI is InChI=1S/C17H16BrNO4/c1-10-5-12(18)6-11(2)17(10)21-8-16(20)19-13-3-4-14-15(7-13)23-9-22-14/h3-7H,8-9H2,1-2H3,(H,19,20). The van der Waals surface area contributed by atoms with Crippen LogP contribution in [0.25, 0.3) is 0 Å². The van der Waals surface area contributed by atoms with Crippen LogP contribution in [0.5, 0.6) is 17.2 Å². The highest BCUT2D eigenvalue weighted by atomic mass is 79.9. The fourth-order valence-electron chi connectivity index (χ4n) is 2.43. The van der Waals surface area contributed by atoms with Crippen molar-refractivity contribution in [1.82, 2.24) is 0 Å². The Bertz CT molecular complexity index is 737. The van der Waals surface area contributed by atoms with Crippen LogP contribution in [-0.4, -0.2) is 19.3 Å². The van der Waals surface area contributed by atoms with Crippen molar-refractivity contribution in [2.45, 2.75) is 13.8 Å². The van der Waals surface area contributed by atoms with Crippen molar-refractivity contribution in [1.29, 1.82) is 0 Å². The molecule has 1 N–H and O–H groups in total. The van der Waals surface area contributed by atoms with Crippen molar-refractivity contribution >= 4 is 27.5 Å². The number of anilines is 1. The zero-order valence-electron chi connectivity index (χ0n) is 12.8. The molecule has 0 aromatic heterocycles. The van der Waals surface area contributed by atoms with Gasteiger partial charge in [0.15, 0.2) is 18.1 Å². The first-order valence-electron chi connectivity index (χ1n) is 7.12. The Morgan fingerprint density at radius 3 is 2.61 bits per heavy atom. The van der Waals surface area contributed by atoms with Gasteiger partial charge in [0.05, 0.1) is 0 Å². The third-order valence-electron chi connectivity index (χ3n) is 3.43. The van der Waals surface area contributed by atoms with Gasteiger partial charge in [0.2, 0.25) is 6.79 Å². The summed E-state index contributed by atoms with van der Waals surface area (Å²) in [5.41, 5.74) is 2.60. The molecular formula is C17H16BrNO4. The van der Waals surface area contributed by atoms with Crippen LogP contribution in [0.15, 0.2) is 34.8 Å². The van der Waals surface area contributed by atoms with Crippen LogP contribution >= 0.6 is 15.9 Å². The lowest BCUT2D eigenvalue weighted by molar-refractivity contribution is -0.118. The van der Waals surface area contributed by atoms with Crippen LogP contribution in [0.2, 0.25) is 0 Å². The van der Waals surface area contributed by atoms with E-state index in [0.717, 1.165) is 21.3 Å². The number of halogens is 1. The van der Waals surface area contributed by atoms with E-state index in [2.05, 4.69) is 21.2 Å². The number of amides is 1. The number of carbonyl (C=O) groups is 1. The molecule has 5 nitrogen and oxygen atoms in total. The van der Waals surface area contributed by atoms with Crippen molar-refractivity contribution in [3.8, 4) is 17.2 Å². The van der Waals surface area contributed by atoms with E-state index >= 15 is 0 Å². The molecule has 2 aromatic rings. The Morgan fingerprint density at radius 2 is 1.87 bits per heavy atom. The molecule has 6 heteroatoms. The normalized spacial score (nSPS) is 12.1. The quantitative estimate of drug-likeness (QED) is 0.879. The summed E-state index contributed by atoms with van der Waals surface area (Å²) in [6, 6.07) is 9.18. The number of fused-ring (bicyclic) bond motifs is 1. The van der Waals surface area contributed by atoms with E-state index in [1.54, 1.807) is 18.2 Å². The Balaban J connectivity index is 1.62. The first kappa shape index (κ1) is 15.7. The molecule has 0 bridgehead atoms. The predicted octanol–water partition coefficient (Wildman–Crippen LogP) is 3.81. The number of rotatable bonds is 4. The second kappa shape index (κ2) is 6.50. The summed E-state index contributed by atoms with van der Waals surface area (Å²) in [6.45, 7) is 4.04. The highest BCUT2D eigenvalue weighted by molar-refractivity contribution is 9.10. The minimum atomic E-state index is -0.231. The second-order valence-electron chi connectivity index (χ2n) is 5.27. The van der Waals surface area contributed by atoms with Crippen molar-refractivity contribution in [2.75, 3.05) is 18.7 Å². The van der Waals surface area contributed by atoms with Gasteiger partial charge in [-0.3, -0.25) is 4.79 Å². The number of ether oxygens (including phenoxy) is 3. The van der Waals surface area contributed by atoms with Gasteiger partial charge in [0.1, 0.15) is 5.75 Å². The lowest BCUT2D eigenvalue weighted by atomic mass is 10.1. The number of aryl methyl sites for hydroxylation is 2. The highest BCUT2D eigenvalue weighted by Gasteiger charge is 2.14. The predicted molar refractivity (Wildman–Crippen MR) is 90.3 cm³/mol. The molecule has 1 heterocycles. The molecule has 0 unspecified atom stereocenters.